The summed E-state index contributed by atoms with van der Waals surface area (Å²) in [7, 11) is 0. The lowest BCUT2D eigenvalue weighted by Crippen LogP contribution is -2.21. The Bertz CT molecular complexity index is 371. The Hall–Kier alpha value is -1.18. The third-order valence-electron chi connectivity index (χ3n) is 3.73. The summed E-state index contributed by atoms with van der Waals surface area (Å²) in [5.74, 6) is 0.620. The zero-order valence-corrected chi connectivity index (χ0v) is 11.3. The van der Waals surface area contributed by atoms with Gasteiger partial charge in [-0.05, 0) is 41.9 Å². The van der Waals surface area contributed by atoms with Gasteiger partial charge in [-0.1, -0.05) is 40.2 Å². The summed E-state index contributed by atoms with van der Waals surface area (Å²) in [6.45, 7) is 8.85. The smallest absolute Gasteiger partial charge is 0.157 e. The fraction of sp³-hybridized carbons (Fsp3) is 0.600. The minimum atomic E-state index is -0.0453. The lowest BCUT2D eigenvalue weighted by atomic mass is 9.75. The highest BCUT2D eigenvalue weighted by Gasteiger charge is 2.25. The van der Waals surface area contributed by atoms with E-state index in [-0.39, 0.29) is 16.9 Å². The molecule has 1 rings (SSSR count). The zero-order valence-electron chi connectivity index (χ0n) is 11.3. The third kappa shape index (κ3) is 3.39. The maximum Gasteiger partial charge on any atom is 0.157 e. The van der Waals surface area contributed by atoms with E-state index in [0.717, 1.165) is 18.4 Å². The average molecular weight is 236 g/mol. The van der Waals surface area contributed by atoms with Gasteiger partial charge in [0.15, 0.2) is 11.5 Å². The van der Waals surface area contributed by atoms with Crippen molar-refractivity contribution in [3.8, 4) is 11.5 Å². The first-order valence-corrected chi connectivity index (χ1v) is 6.41. The van der Waals surface area contributed by atoms with E-state index >= 15 is 0 Å². The van der Waals surface area contributed by atoms with Crippen LogP contribution in [-0.2, 0) is 5.41 Å². The normalized spacial score (nSPS) is 14.9. The van der Waals surface area contributed by atoms with Crippen molar-refractivity contribution in [2.24, 2.45) is 5.92 Å². The second kappa shape index (κ2) is 5.44. The van der Waals surface area contributed by atoms with Crippen LogP contribution in [0.2, 0.25) is 0 Å². The number of phenols is 2. The number of hydrogen-bond donors (Lipinski definition) is 2. The maximum atomic E-state index is 9.59. The van der Waals surface area contributed by atoms with Crippen LogP contribution in [-0.4, -0.2) is 10.2 Å². The van der Waals surface area contributed by atoms with Crippen molar-refractivity contribution in [2.45, 2.75) is 52.4 Å². The molecule has 0 amide bonds. The molecule has 0 radical (unpaired) electrons. The number of benzene rings is 1. The Labute approximate surface area is 104 Å². The van der Waals surface area contributed by atoms with Gasteiger partial charge in [0.25, 0.3) is 0 Å². The molecule has 96 valence electrons. The Kier molecular flexibility index (Phi) is 4.44. The number of rotatable bonds is 5. The minimum Gasteiger partial charge on any atom is -0.504 e. The van der Waals surface area contributed by atoms with E-state index in [1.807, 2.05) is 6.07 Å². The van der Waals surface area contributed by atoms with E-state index in [0.29, 0.717) is 5.92 Å². The first-order chi connectivity index (χ1) is 7.89. The van der Waals surface area contributed by atoms with E-state index in [2.05, 4.69) is 27.7 Å². The summed E-state index contributed by atoms with van der Waals surface area (Å²) in [6.07, 6.45) is 3.31. The van der Waals surface area contributed by atoms with Crippen LogP contribution in [0.4, 0.5) is 0 Å². The van der Waals surface area contributed by atoms with E-state index < -0.39 is 0 Å². The van der Waals surface area contributed by atoms with Crippen molar-refractivity contribution >= 4 is 0 Å². The van der Waals surface area contributed by atoms with Crippen LogP contribution in [0.5, 0.6) is 11.5 Å². The van der Waals surface area contributed by atoms with E-state index in [1.54, 1.807) is 12.1 Å². The molecular formula is C15H24O2. The Balaban J connectivity index is 2.94. The number of hydrogen-bond acceptors (Lipinski definition) is 2. The molecule has 0 spiro atoms. The predicted octanol–water partition coefficient (Wildman–Crippen LogP) is 4.20. The average Bonchev–Trinajstić information content (AvgIpc) is 2.29. The SMILES string of the molecule is CCC(C)(CCC(C)C)c1ccc(O)c(O)c1. The van der Waals surface area contributed by atoms with Gasteiger partial charge in [-0.3, -0.25) is 0 Å². The van der Waals surface area contributed by atoms with Crippen molar-refractivity contribution in [1.82, 2.24) is 0 Å². The Morgan fingerprint density at radius 2 is 1.82 bits per heavy atom. The quantitative estimate of drug-likeness (QED) is 0.752. The molecule has 0 saturated heterocycles. The van der Waals surface area contributed by atoms with Crippen LogP contribution in [0.3, 0.4) is 0 Å². The van der Waals surface area contributed by atoms with Crippen LogP contribution < -0.4 is 0 Å². The molecule has 0 aliphatic carbocycles. The van der Waals surface area contributed by atoms with Crippen LogP contribution in [0.25, 0.3) is 0 Å². The highest BCUT2D eigenvalue weighted by molar-refractivity contribution is 5.43. The molecule has 0 aliphatic rings. The van der Waals surface area contributed by atoms with Gasteiger partial charge in [0, 0.05) is 0 Å². The van der Waals surface area contributed by atoms with Gasteiger partial charge in [0.1, 0.15) is 0 Å². The van der Waals surface area contributed by atoms with Crippen LogP contribution >= 0.6 is 0 Å². The fourth-order valence-corrected chi connectivity index (χ4v) is 2.03. The summed E-state index contributed by atoms with van der Waals surface area (Å²) in [6, 6.07) is 5.19. The second-order valence-electron chi connectivity index (χ2n) is 5.55. The first kappa shape index (κ1) is 13.9. The largest absolute Gasteiger partial charge is 0.504 e. The third-order valence-corrected chi connectivity index (χ3v) is 3.73. The first-order valence-electron chi connectivity index (χ1n) is 6.41. The molecule has 0 fully saturated rings. The van der Waals surface area contributed by atoms with Gasteiger partial charge in [-0.2, -0.15) is 0 Å². The summed E-state index contributed by atoms with van der Waals surface area (Å²) in [5, 5.41) is 18.9. The van der Waals surface area contributed by atoms with Crippen LogP contribution in [0.15, 0.2) is 18.2 Å². The van der Waals surface area contributed by atoms with E-state index in [1.165, 1.54) is 6.42 Å². The minimum absolute atomic E-state index is 0.0216. The van der Waals surface area contributed by atoms with Crippen molar-refractivity contribution in [3.63, 3.8) is 0 Å². The Morgan fingerprint density at radius 3 is 2.29 bits per heavy atom. The van der Waals surface area contributed by atoms with Gasteiger partial charge in [-0.25, -0.2) is 0 Å². The van der Waals surface area contributed by atoms with Crippen molar-refractivity contribution in [1.29, 1.82) is 0 Å². The molecule has 1 aromatic carbocycles. The molecule has 0 aliphatic heterocycles. The maximum absolute atomic E-state index is 9.59. The lowest BCUT2D eigenvalue weighted by Gasteiger charge is -2.30. The molecule has 1 aromatic rings. The van der Waals surface area contributed by atoms with Crippen LogP contribution in [0.1, 0.15) is 52.5 Å². The van der Waals surface area contributed by atoms with E-state index in [9.17, 15) is 10.2 Å². The molecule has 2 N–H and O–H groups in total. The highest BCUT2D eigenvalue weighted by atomic mass is 16.3. The summed E-state index contributed by atoms with van der Waals surface area (Å²) in [5.41, 5.74) is 1.19. The molecule has 0 heterocycles. The van der Waals surface area contributed by atoms with Gasteiger partial charge in [0.2, 0.25) is 0 Å². The molecule has 17 heavy (non-hydrogen) atoms. The molecule has 1 unspecified atom stereocenters. The van der Waals surface area contributed by atoms with Gasteiger partial charge >= 0.3 is 0 Å². The van der Waals surface area contributed by atoms with Crippen molar-refractivity contribution in [3.05, 3.63) is 23.8 Å². The summed E-state index contributed by atoms with van der Waals surface area (Å²) < 4.78 is 0. The topological polar surface area (TPSA) is 40.5 Å². The predicted molar refractivity (Wildman–Crippen MR) is 71.5 cm³/mol. The van der Waals surface area contributed by atoms with Crippen molar-refractivity contribution < 1.29 is 10.2 Å². The molecule has 0 saturated carbocycles. The monoisotopic (exact) mass is 236 g/mol. The fourth-order valence-electron chi connectivity index (χ4n) is 2.03. The second-order valence-corrected chi connectivity index (χ2v) is 5.55. The summed E-state index contributed by atoms with van der Waals surface area (Å²) in [4.78, 5) is 0. The van der Waals surface area contributed by atoms with Gasteiger partial charge < -0.3 is 10.2 Å². The molecular weight excluding hydrogens is 212 g/mol. The standard InChI is InChI=1S/C15H24O2/c1-5-15(4,9-8-11(2)3)12-6-7-13(16)14(17)10-12/h6-7,10-11,16-17H,5,8-9H2,1-4H3. The van der Waals surface area contributed by atoms with Gasteiger partial charge in [0.05, 0.1) is 0 Å². The van der Waals surface area contributed by atoms with E-state index in [4.69, 9.17) is 0 Å². The molecule has 2 nitrogen and oxygen atoms in total. The lowest BCUT2D eigenvalue weighted by molar-refractivity contribution is 0.366. The number of aromatic hydroxyl groups is 2. The molecule has 0 aromatic heterocycles. The summed E-state index contributed by atoms with van der Waals surface area (Å²) >= 11 is 0. The molecule has 2 heteroatoms. The van der Waals surface area contributed by atoms with Crippen LogP contribution in [0, 0.1) is 5.92 Å². The zero-order chi connectivity index (χ0) is 13.1. The van der Waals surface area contributed by atoms with Gasteiger partial charge in [-0.15, -0.1) is 0 Å². The van der Waals surface area contributed by atoms with Crippen molar-refractivity contribution in [2.75, 3.05) is 0 Å². The Morgan fingerprint density at radius 1 is 1.18 bits per heavy atom. The highest BCUT2D eigenvalue weighted by Crippen LogP contribution is 2.37. The molecule has 0 bridgehead atoms. The number of phenolic OH excluding ortho intramolecular Hbond substituents is 2. The molecule has 1 atom stereocenters.